The highest BCUT2D eigenvalue weighted by molar-refractivity contribution is 6.67. The third-order valence-corrected chi connectivity index (χ3v) is 10.1. The van der Waals surface area contributed by atoms with Gasteiger partial charge in [-0.25, -0.2) is 4.79 Å². The van der Waals surface area contributed by atoms with E-state index < -0.39 is 14.5 Å². The molecule has 1 aliphatic rings. The van der Waals surface area contributed by atoms with Gasteiger partial charge in [-0.1, -0.05) is 18.7 Å². The maximum atomic E-state index is 13.5. The first-order valence-electron chi connectivity index (χ1n) is 13.6. The molecule has 9 nitrogen and oxygen atoms in total. The van der Waals surface area contributed by atoms with Crippen LogP contribution in [0.5, 0.6) is 0 Å². The second-order valence-electron chi connectivity index (χ2n) is 9.32. The van der Waals surface area contributed by atoms with Gasteiger partial charge >= 0.3 is 14.5 Å². The van der Waals surface area contributed by atoms with Gasteiger partial charge in [0.15, 0.2) is 0 Å². The van der Waals surface area contributed by atoms with E-state index in [0.29, 0.717) is 55.0 Å². The van der Waals surface area contributed by atoms with Gasteiger partial charge in [0.25, 0.3) is 11.8 Å². The predicted molar refractivity (Wildman–Crippen MR) is 153 cm³/mol. The van der Waals surface area contributed by atoms with Crippen LogP contribution in [0.15, 0.2) is 43.0 Å². The molecule has 0 saturated heterocycles. The van der Waals surface area contributed by atoms with Crippen LogP contribution in [-0.2, 0) is 23.1 Å². The molecule has 1 N–H and O–H groups in total. The first-order chi connectivity index (χ1) is 18.9. The van der Waals surface area contributed by atoms with E-state index in [1.165, 1.54) is 4.90 Å². The van der Waals surface area contributed by atoms with Crippen molar-refractivity contribution in [1.29, 1.82) is 0 Å². The summed E-state index contributed by atoms with van der Waals surface area (Å²) >= 11 is 0. The van der Waals surface area contributed by atoms with Gasteiger partial charge < -0.3 is 23.6 Å². The number of esters is 1. The Bertz CT molecular complexity index is 1130. The summed E-state index contributed by atoms with van der Waals surface area (Å²) in [4.78, 5) is 39.4. The summed E-state index contributed by atoms with van der Waals surface area (Å²) in [5.41, 5.74) is 1.95. The van der Waals surface area contributed by atoms with Crippen molar-refractivity contribution in [1.82, 2.24) is 4.90 Å². The Morgan fingerprint density at radius 2 is 1.72 bits per heavy atom. The molecule has 0 atom stereocenters. The molecule has 1 aliphatic heterocycles. The molecule has 2 aromatic rings. The summed E-state index contributed by atoms with van der Waals surface area (Å²) in [6.45, 7) is 9.66. The van der Waals surface area contributed by atoms with Crippen LogP contribution in [0.25, 0.3) is 10.8 Å². The van der Waals surface area contributed by atoms with Gasteiger partial charge in [-0.3, -0.25) is 14.5 Å². The molecule has 2 aromatic carbocycles. The van der Waals surface area contributed by atoms with Crippen molar-refractivity contribution in [3.05, 3.63) is 54.1 Å². The summed E-state index contributed by atoms with van der Waals surface area (Å²) in [7, 11) is -0.961. The molecule has 0 aliphatic carbocycles. The maximum Gasteiger partial charge on any atom is 0.364 e. The highest BCUT2D eigenvalue weighted by Crippen LogP contribution is 2.34. The smallest absolute Gasteiger partial charge is 0.364 e. The lowest BCUT2D eigenvalue weighted by molar-refractivity contribution is -0.137. The lowest BCUT2D eigenvalue weighted by Crippen LogP contribution is -2.48. The van der Waals surface area contributed by atoms with Crippen LogP contribution >= 0.6 is 0 Å². The van der Waals surface area contributed by atoms with Crippen molar-refractivity contribution in [2.45, 2.75) is 45.6 Å². The monoisotopic (exact) mass is 556 g/mol. The third kappa shape index (κ3) is 7.54. The molecule has 39 heavy (non-hydrogen) atoms. The average Bonchev–Trinajstić information content (AvgIpc) is 2.93. The van der Waals surface area contributed by atoms with Crippen molar-refractivity contribution in [3.8, 4) is 0 Å². The quantitative estimate of drug-likeness (QED) is 0.0915. The number of benzene rings is 2. The largest absolute Gasteiger partial charge is 0.463 e. The minimum atomic E-state index is -2.59. The highest BCUT2D eigenvalue weighted by Gasteiger charge is 2.39. The number of nitrogens with zero attached hydrogens (tertiary/aromatic N) is 1. The van der Waals surface area contributed by atoms with Gasteiger partial charge in [0.05, 0.1) is 12.8 Å². The van der Waals surface area contributed by atoms with E-state index in [4.69, 9.17) is 18.3 Å². The summed E-state index contributed by atoms with van der Waals surface area (Å²) in [5, 5.41) is 4.98. The number of hydrogen-bond donors (Lipinski definition) is 1. The first-order valence-corrected chi connectivity index (χ1v) is 15.9. The maximum absolute atomic E-state index is 13.5. The van der Waals surface area contributed by atoms with Gasteiger partial charge in [-0.15, -0.1) is 0 Å². The van der Waals surface area contributed by atoms with E-state index in [9.17, 15) is 14.4 Å². The van der Waals surface area contributed by atoms with Gasteiger partial charge in [0, 0.05) is 67.1 Å². The molecule has 0 spiro atoms. The normalized spacial score (nSPS) is 13.2. The van der Waals surface area contributed by atoms with Crippen LogP contribution in [-0.4, -0.2) is 77.5 Å². The fourth-order valence-corrected chi connectivity index (χ4v) is 7.83. The summed E-state index contributed by atoms with van der Waals surface area (Å²) in [6.07, 6.45) is 4.69. The molecule has 0 bridgehead atoms. The van der Waals surface area contributed by atoms with Crippen LogP contribution in [0.4, 0.5) is 5.69 Å². The van der Waals surface area contributed by atoms with Crippen LogP contribution in [0, 0.1) is 0 Å². The van der Waals surface area contributed by atoms with Crippen molar-refractivity contribution < 1.29 is 32.7 Å². The number of carbonyl (C=O) groups excluding carboxylic acids is 3. The predicted octanol–water partition coefficient (Wildman–Crippen LogP) is 4.84. The second kappa shape index (κ2) is 14.9. The molecule has 0 fully saturated rings. The standard InChI is InChI=1S/C29H40N2O7Si/c1-5-26(32)36-19-10-8-9-17-30-25-16-15-24-27-22(25)13-11-14-23(27)28(33)31(29(24)34)18-12-20-39(21-35-4,37-6-2)38-7-3/h5,11,13-16,30H,1,6-10,12,17-21H2,2-4H3. The van der Waals surface area contributed by atoms with Crippen LogP contribution in [0.1, 0.15) is 60.2 Å². The van der Waals surface area contributed by atoms with E-state index in [1.54, 1.807) is 19.2 Å². The fraction of sp³-hybridized carbons (Fsp3) is 0.483. The van der Waals surface area contributed by atoms with E-state index in [0.717, 1.165) is 43.0 Å². The number of ether oxygens (including phenoxy) is 2. The number of unbranched alkanes of at least 4 members (excludes halogenated alkanes) is 2. The molecule has 0 saturated carbocycles. The minimum Gasteiger partial charge on any atom is -0.463 e. The van der Waals surface area contributed by atoms with E-state index in [1.807, 2.05) is 32.0 Å². The van der Waals surface area contributed by atoms with Crippen LogP contribution < -0.4 is 5.32 Å². The van der Waals surface area contributed by atoms with E-state index >= 15 is 0 Å². The number of methoxy groups -OCH3 is 1. The van der Waals surface area contributed by atoms with Crippen molar-refractivity contribution in [2.24, 2.45) is 0 Å². The molecule has 0 radical (unpaired) electrons. The Labute approximate surface area is 231 Å². The highest BCUT2D eigenvalue weighted by atomic mass is 28.4. The molecular weight excluding hydrogens is 516 g/mol. The van der Waals surface area contributed by atoms with Crippen molar-refractivity contribution >= 4 is 42.8 Å². The number of nitrogens with one attached hydrogen (secondary N) is 1. The number of rotatable bonds is 18. The molecular formula is C29H40N2O7Si. The van der Waals surface area contributed by atoms with E-state index in [-0.39, 0.29) is 18.4 Å². The van der Waals surface area contributed by atoms with Gasteiger partial charge in [-0.05, 0) is 63.8 Å². The topological polar surface area (TPSA) is 103 Å². The lowest BCUT2D eigenvalue weighted by Gasteiger charge is -2.31. The number of amides is 2. The zero-order valence-electron chi connectivity index (χ0n) is 23.3. The van der Waals surface area contributed by atoms with Crippen LogP contribution in [0.2, 0.25) is 6.04 Å². The zero-order valence-corrected chi connectivity index (χ0v) is 24.3. The number of imide groups is 1. The Kier molecular flexibility index (Phi) is 11.7. The Morgan fingerprint density at radius 3 is 2.38 bits per heavy atom. The van der Waals surface area contributed by atoms with Gasteiger partial charge in [0.1, 0.15) is 0 Å². The molecule has 10 heteroatoms. The SMILES string of the molecule is C=CC(=O)OCCCCCNc1ccc2c3c(cccc13)C(=O)N(CCC[Si](COC)(OCC)OCC)C2=O. The molecule has 2 amide bonds. The lowest BCUT2D eigenvalue weighted by atomic mass is 9.93. The summed E-state index contributed by atoms with van der Waals surface area (Å²) < 4.78 is 22.4. The Balaban J connectivity index is 1.67. The summed E-state index contributed by atoms with van der Waals surface area (Å²) in [5.74, 6) is -0.969. The first kappa shape index (κ1) is 30.5. The minimum absolute atomic E-state index is 0.281. The second-order valence-corrected chi connectivity index (χ2v) is 12.5. The molecule has 0 aromatic heterocycles. The number of carbonyl (C=O) groups is 3. The molecule has 3 rings (SSSR count). The van der Waals surface area contributed by atoms with Crippen molar-refractivity contribution in [3.63, 3.8) is 0 Å². The Hall–Kier alpha value is -3.05. The van der Waals surface area contributed by atoms with Crippen molar-refractivity contribution in [2.75, 3.05) is 51.6 Å². The van der Waals surface area contributed by atoms with Gasteiger partial charge in [-0.2, -0.15) is 0 Å². The van der Waals surface area contributed by atoms with Crippen LogP contribution in [0.3, 0.4) is 0 Å². The van der Waals surface area contributed by atoms with E-state index in [2.05, 4.69) is 11.9 Å². The van der Waals surface area contributed by atoms with Gasteiger partial charge in [0.2, 0.25) is 0 Å². The molecule has 0 unspecified atom stereocenters. The Morgan fingerprint density at radius 1 is 1.00 bits per heavy atom. The number of hydrogen-bond acceptors (Lipinski definition) is 8. The summed E-state index contributed by atoms with van der Waals surface area (Å²) in [6, 6.07) is 9.90. The average molecular weight is 557 g/mol. The third-order valence-electron chi connectivity index (χ3n) is 6.66. The molecule has 1 heterocycles. The zero-order chi connectivity index (χ0) is 28.3. The number of anilines is 1. The molecule has 212 valence electrons. The fourth-order valence-electron chi connectivity index (χ4n) is 4.96.